The van der Waals surface area contributed by atoms with Crippen molar-refractivity contribution in [2.45, 2.75) is 44.5 Å². The lowest BCUT2D eigenvalue weighted by atomic mass is 9.78. The van der Waals surface area contributed by atoms with E-state index in [-0.39, 0.29) is 17.4 Å². The van der Waals surface area contributed by atoms with E-state index in [1.807, 2.05) is 20.8 Å². The quantitative estimate of drug-likeness (QED) is 0.644. The minimum Gasteiger partial charge on any atom is -0.493 e. The van der Waals surface area contributed by atoms with Gasteiger partial charge in [0.2, 0.25) is 5.82 Å². The highest BCUT2D eigenvalue weighted by Gasteiger charge is 2.51. The number of aromatic nitrogens is 1. The summed E-state index contributed by atoms with van der Waals surface area (Å²) in [5, 5.41) is 21.6. The third-order valence-electron chi connectivity index (χ3n) is 5.86. The fourth-order valence-electron chi connectivity index (χ4n) is 3.88. The van der Waals surface area contributed by atoms with Gasteiger partial charge in [-0.25, -0.2) is 4.39 Å². The van der Waals surface area contributed by atoms with Crippen molar-refractivity contribution in [2.24, 2.45) is 5.92 Å². The SMILES string of the molecule is COc1c(C2C(C(=O)Nc3ccnc(C(O)CO)c3)OC(C)(C)C2C)ccc(F)c1F. The van der Waals surface area contributed by atoms with Gasteiger partial charge in [-0.05, 0) is 38.0 Å². The number of methoxy groups -OCH3 is 1. The number of pyridine rings is 1. The third-order valence-corrected chi connectivity index (χ3v) is 5.86. The smallest absolute Gasteiger partial charge is 0.254 e. The van der Waals surface area contributed by atoms with Crippen LogP contribution in [0.25, 0.3) is 0 Å². The fourth-order valence-corrected chi connectivity index (χ4v) is 3.88. The lowest BCUT2D eigenvalue weighted by Gasteiger charge is -2.25. The molecule has 1 aliphatic heterocycles. The Kier molecular flexibility index (Phi) is 6.59. The number of aliphatic hydroxyl groups is 2. The van der Waals surface area contributed by atoms with Crippen molar-refractivity contribution >= 4 is 11.6 Å². The number of aliphatic hydroxyl groups excluding tert-OH is 2. The zero-order valence-corrected chi connectivity index (χ0v) is 17.7. The summed E-state index contributed by atoms with van der Waals surface area (Å²) >= 11 is 0. The van der Waals surface area contributed by atoms with Gasteiger partial charge in [-0.1, -0.05) is 13.0 Å². The second-order valence-corrected chi connectivity index (χ2v) is 8.10. The first kappa shape index (κ1) is 23.1. The number of nitrogens with one attached hydrogen (secondary N) is 1. The number of hydrogen-bond donors (Lipinski definition) is 3. The topological polar surface area (TPSA) is 101 Å². The summed E-state index contributed by atoms with van der Waals surface area (Å²) in [4.78, 5) is 17.1. The lowest BCUT2D eigenvalue weighted by molar-refractivity contribution is -0.131. The Hall–Kier alpha value is -2.62. The molecule has 1 aliphatic rings. The summed E-state index contributed by atoms with van der Waals surface area (Å²) in [6.07, 6.45) is -0.803. The van der Waals surface area contributed by atoms with Gasteiger partial charge in [-0.3, -0.25) is 9.78 Å². The van der Waals surface area contributed by atoms with Gasteiger partial charge in [0.1, 0.15) is 12.2 Å². The normalized spacial score (nSPS) is 23.4. The molecule has 3 rings (SSSR count). The standard InChI is InChI=1S/C22H26F2N2O5/c1-11-17(13-5-6-14(23)18(24)19(13)30-4)20(31-22(11,2)3)21(29)26-12-7-8-25-15(9-12)16(28)10-27/h5-9,11,16-17,20,27-28H,10H2,1-4H3,(H,25,26,29). The monoisotopic (exact) mass is 436 g/mol. The number of rotatable bonds is 6. The summed E-state index contributed by atoms with van der Waals surface area (Å²) in [6.45, 7) is 5.01. The van der Waals surface area contributed by atoms with Crippen molar-refractivity contribution in [3.8, 4) is 5.75 Å². The van der Waals surface area contributed by atoms with Gasteiger partial charge in [-0.2, -0.15) is 4.39 Å². The number of carbonyl (C=O) groups is 1. The number of hydrogen-bond acceptors (Lipinski definition) is 6. The van der Waals surface area contributed by atoms with Crippen molar-refractivity contribution in [2.75, 3.05) is 19.0 Å². The zero-order valence-electron chi connectivity index (χ0n) is 17.7. The van der Waals surface area contributed by atoms with E-state index in [9.17, 15) is 18.7 Å². The van der Waals surface area contributed by atoms with Crippen LogP contribution in [0.4, 0.5) is 14.5 Å². The van der Waals surface area contributed by atoms with Crippen molar-refractivity contribution in [3.63, 3.8) is 0 Å². The molecule has 0 aliphatic carbocycles. The predicted molar refractivity (Wildman–Crippen MR) is 109 cm³/mol. The van der Waals surface area contributed by atoms with Crippen LogP contribution in [0.2, 0.25) is 0 Å². The Balaban J connectivity index is 1.96. The number of halogens is 2. The van der Waals surface area contributed by atoms with Crippen LogP contribution < -0.4 is 10.1 Å². The molecule has 1 saturated heterocycles. The van der Waals surface area contributed by atoms with Gasteiger partial charge >= 0.3 is 0 Å². The molecule has 3 N–H and O–H groups in total. The largest absolute Gasteiger partial charge is 0.493 e. The van der Waals surface area contributed by atoms with E-state index >= 15 is 0 Å². The number of benzene rings is 1. The summed E-state index contributed by atoms with van der Waals surface area (Å²) in [7, 11) is 1.24. The minimum absolute atomic E-state index is 0.195. The highest BCUT2D eigenvalue weighted by molar-refractivity contribution is 5.95. The molecule has 2 aromatic rings. The minimum atomic E-state index is -1.18. The molecule has 9 heteroatoms. The molecular formula is C22H26F2N2O5. The van der Waals surface area contributed by atoms with Gasteiger partial charge in [0.25, 0.3) is 5.91 Å². The molecular weight excluding hydrogens is 410 g/mol. The number of ether oxygens (including phenoxy) is 2. The summed E-state index contributed by atoms with van der Waals surface area (Å²) in [6, 6.07) is 5.38. The molecule has 0 spiro atoms. The number of carbonyl (C=O) groups excluding carboxylic acids is 1. The van der Waals surface area contributed by atoms with Crippen LogP contribution in [-0.2, 0) is 9.53 Å². The Labute approximate surface area is 179 Å². The molecule has 168 valence electrons. The number of amides is 1. The molecule has 2 heterocycles. The van der Waals surface area contributed by atoms with E-state index in [0.717, 1.165) is 6.07 Å². The second-order valence-electron chi connectivity index (χ2n) is 8.10. The van der Waals surface area contributed by atoms with Crippen LogP contribution in [0, 0.1) is 17.6 Å². The molecule has 1 aromatic carbocycles. The first-order valence-corrected chi connectivity index (χ1v) is 9.86. The highest BCUT2D eigenvalue weighted by Crippen LogP contribution is 2.49. The lowest BCUT2D eigenvalue weighted by Crippen LogP contribution is -2.33. The fraction of sp³-hybridized carbons (Fsp3) is 0.455. The van der Waals surface area contributed by atoms with Gasteiger partial charge in [0.05, 0.1) is 25.0 Å². The molecule has 7 nitrogen and oxygen atoms in total. The second kappa shape index (κ2) is 8.86. The van der Waals surface area contributed by atoms with Gasteiger partial charge in [0, 0.05) is 23.4 Å². The molecule has 0 bridgehead atoms. The van der Waals surface area contributed by atoms with Gasteiger partial charge in [-0.15, -0.1) is 0 Å². The maximum atomic E-state index is 14.4. The predicted octanol–water partition coefficient (Wildman–Crippen LogP) is 2.93. The molecule has 1 amide bonds. The average Bonchev–Trinajstić information content (AvgIpc) is 2.99. The Bertz CT molecular complexity index is 969. The number of nitrogens with zero attached hydrogens (tertiary/aromatic N) is 1. The average molecular weight is 436 g/mol. The molecule has 1 aromatic heterocycles. The first-order valence-electron chi connectivity index (χ1n) is 9.86. The van der Waals surface area contributed by atoms with Gasteiger partial charge < -0.3 is 25.0 Å². The summed E-state index contributed by atoms with van der Waals surface area (Å²) < 4.78 is 39.3. The molecule has 0 radical (unpaired) electrons. The summed E-state index contributed by atoms with van der Waals surface area (Å²) in [5.41, 5.74) is 0.157. The van der Waals surface area contributed by atoms with Crippen LogP contribution in [0.3, 0.4) is 0 Å². The zero-order chi connectivity index (χ0) is 22.9. The first-order chi connectivity index (χ1) is 14.6. The van der Waals surface area contributed by atoms with Crippen LogP contribution >= 0.6 is 0 Å². The van der Waals surface area contributed by atoms with Crippen molar-refractivity contribution in [1.82, 2.24) is 4.98 Å². The van der Waals surface area contributed by atoms with Crippen molar-refractivity contribution < 1.29 is 33.3 Å². The van der Waals surface area contributed by atoms with Crippen LogP contribution in [0.5, 0.6) is 5.75 Å². The maximum absolute atomic E-state index is 14.4. The van der Waals surface area contributed by atoms with Crippen molar-refractivity contribution in [3.05, 3.63) is 53.4 Å². The molecule has 4 atom stereocenters. The summed E-state index contributed by atoms with van der Waals surface area (Å²) in [5.74, 6) is -3.75. The molecule has 1 fully saturated rings. The van der Waals surface area contributed by atoms with Crippen LogP contribution in [0.15, 0.2) is 30.5 Å². The van der Waals surface area contributed by atoms with E-state index in [1.165, 1.54) is 31.5 Å². The third kappa shape index (κ3) is 4.39. The van der Waals surface area contributed by atoms with Crippen LogP contribution in [-0.4, -0.2) is 46.5 Å². The van der Waals surface area contributed by atoms with E-state index in [2.05, 4.69) is 10.3 Å². The Morgan fingerprint density at radius 1 is 1.35 bits per heavy atom. The molecule has 4 unspecified atom stereocenters. The number of anilines is 1. The molecule has 31 heavy (non-hydrogen) atoms. The Morgan fingerprint density at radius 3 is 2.71 bits per heavy atom. The van der Waals surface area contributed by atoms with Crippen LogP contribution in [0.1, 0.15) is 44.1 Å². The maximum Gasteiger partial charge on any atom is 0.254 e. The van der Waals surface area contributed by atoms with E-state index in [1.54, 1.807) is 0 Å². The Morgan fingerprint density at radius 2 is 2.06 bits per heavy atom. The van der Waals surface area contributed by atoms with E-state index in [4.69, 9.17) is 14.6 Å². The van der Waals surface area contributed by atoms with E-state index < -0.39 is 47.9 Å². The van der Waals surface area contributed by atoms with Crippen molar-refractivity contribution in [1.29, 1.82) is 0 Å². The highest BCUT2D eigenvalue weighted by atomic mass is 19.2. The van der Waals surface area contributed by atoms with Gasteiger partial charge in [0.15, 0.2) is 11.6 Å². The van der Waals surface area contributed by atoms with E-state index in [0.29, 0.717) is 11.3 Å². The molecule has 0 saturated carbocycles.